The van der Waals surface area contributed by atoms with Gasteiger partial charge in [0.05, 0.1) is 17.7 Å². The second kappa shape index (κ2) is 4.58. The van der Waals surface area contributed by atoms with E-state index in [0.717, 1.165) is 24.3 Å². The van der Waals surface area contributed by atoms with Crippen LogP contribution in [-0.4, -0.2) is 5.91 Å². The van der Waals surface area contributed by atoms with Gasteiger partial charge in [-0.2, -0.15) is 13.2 Å². The van der Waals surface area contributed by atoms with Crippen LogP contribution in [0.15, 0.2) is 42.5 Å². The highest BCUT2D eigenvalue weighted by molar-refractivity contribution is 6.07. The van der Waals surface area contributed by atoms with E-state index >= 15 is 0 Å². The number of fused-ring (bicyclic) bond motifs is 1. The van der Waals surface area contributed by atoms with Crippen molar-refractivity contribution < 1.29 is 22.4 Å². The monoisotopic (exact) mass is 295 g/mol. The normalized spacial score (nSPS) is 14.5. The standard InChI is InChI=1S/C15H9F4NO/c16-11-3-5-12(6-4-11)20-13-8-10(15(17,18)19)2-1-9(13)7-14(20)21/h1-6,8H,7H2. The van der Waals surface area contributed by atoms with Crippen molar-refractivity contribution in [2.45, 2.75) is 12.6 Å². The van der Waals surface area contributed by atoms with E-state index in [1.54, 1.807) is 0 Å². The lowest BCUT2D eigenvalue weighted by molar-refractivity contribution is -0.137. The molecule has 6 heteroatoms. The number of hydrogen-bond donors (Lipinski definition) is 0. The van der Waals surface area contributed by atoms with Crippen molar-refractivity contribution in [2.75, 3.05) is 4.90 Å². The first-order valence-electron chi connectivity index (χ1n) is 6.15. The number of nitrogens with zero attached hydrogens (tertiary/aromatic N) is 1. The molecule has 0 spiro atoms. The summed E-state index contributed by atoms with van der Waals surface area (Å²) in [6, 6.07) is 8.26. The predicted molar refractivity (Wildman–Crippen MR) is 68.7 cm³/mol. The summed E-state index contributed by atoms with van der Waals surface area (Å²) < 4.78 is 51.3. The fourth-order valence-corrected chi connectivity index (χ4v) is 2.35. The third-order valence-corrected chi connectivity index (χ3v) is 3.33. The van der Waals surface area contributed by atoms with E-state index in [9.17, 15) is 22.4 Å². The van der Waals surface area contributed by atoms with Crippen LogP contribution < -0.4 is 4.90 Å². The van der Waals surface area contributed by atoms with Gasteiger partial charge in [0.15, 0.2) is 0 Å². The van der Waals surface area contributed by atoms with E-state index in [2.05, 4.69) is 0 Å². The van der Waals surface area contributed by atoms with Gasteiger partial charge in [-0.15, -0.1) is 0 Å². The average molecular weight is 295 g/mol. The van der Waals surface area contributed by atoms with Crippen LogP contribution in [0.2, 0.25) is 0 Å². The van der Waals surface area contributed by atoms with Gasteiger partial charge in [0.2, 0.25) is 5.91 Å². The Hall–Kier alpha value is -2.37. The molecule has 1 aliphatic heterocycles. The summed E-state index contributed by atoms with van der Waals surface area (Å²) in [5.74, 6) is -0.814. The molecule has 0 aliphatic carbocycles. The second-order valence-electron chi connectivity index (χ2n) is 4.72. The summed E-state index contributed by atoms with van der Waals surface area (Å²) in [5.41, 5.74) is 0.251. The van der Waals surface area contributed by atoms with Crippen LogP contribution in [0.4, 0.5) is 28.9 Å². The Morgan fingerprint density at radius 3 is 2.29 bits per heavy atom. The van der Waals surface area contributed by atoms with Crippen molar-refractivity contribution in [1.29, 1.82) is 0 Å². The van der Waals surface area contributed by atoms with Gasteiger partial charge in [-0.3, -0.25) is 9.69 Å². The van der Waals surface area contributed by atoms with Gasteiger partial charge in [-0.1, -0.05) is 6.07 Å². The quantitative estimate of drug-likeness (QED) is 0.726. The smallest absolute Gasteiger partial charge is 0.280 e. The van der Waals surface area contributed by atoms with Crippen LogP contribution in [0.25, 0.3) is 0 Å². The molecular weight excluding hydrogens is 286 g/mol. The number of carbonyl (C=O) groups excluding carboxylic acids is 1. The Morgan fingerprint density at radius 2 is 1.67 bits per heavy atom. The lowest BCUT2D eigenvalue weighted by atomic mass is 10.1. The molecule has 0 saturated heterocycles. The first-order chi connectivity index (χ1) is 9.86. The van der Waals surface area contributed by atoms with E-state index in [-0.39, 0.29) is 18.0 Å². The molecule has 0 atom stereocenters. The maximum absolute atomic E-state index is 12.9. The molecule has 0 radical (unpaired) electrons. The number of halogens is 4. The Morgan fingerprint density at radius 1 is 1.00 bits per heavy atom. The minimum Gasteiger partial charge on any atom is -0.280 e. The minimum absolute atomic E-state index is 0.0326. The third kappa shape index (κ3) is 2.37. The van der Waals surface area contributed by atoms with E-state index in [1.807, 2.05) is 0 Å². The predicted octanol–water partition coefficient (Wildman–Crippen LogP) is 4.07. The van der Waals surface area contributed by atoms with Crippen LogP contribution in [0.3, 0.4) is 0 Å². The van der Waals surface area contributed by atoms with Crippen molar-refractivity contribution in [2.24, 2.45) is 0 Å². The molecular formula is C15H9F4NO. The Bertz CT molecular complexity index is 707. The van der Waals surface area contributed by atoms with Crippen LogP contribution in [0, 0.1) is 5.82 Å². The molecule has 3 rings (SSSR count). The molecule has 0 fully saturated rings. The van der Waals surface area contributed by atoms with Crippen LogP contribution in [-0.2, 0) is 17.4 Å². The molecule has 2 aromatic carbocycles. The lowest BCUT2D eigenvalue weighted by Gasteiger charge is -2.18. The van der Waals surface area contributed by atoms with Crippen LogP contribution in [0.1, 0.15) is 11.1 Å². The van der Waals surface area contributed by atoms with E-state index in [0.29, 0.717) is 11.3 Å². The fourth-order valence-electron chi connectivity index (χ4n) is 2.35. The van der Waals surface area contributed by atoms with E-state index in [1.165, 1.54) is 23.1 Å². The van der Waals surface area contributed by atoms with E-state index in [4.69, 9.17) is 0 Å². The zero-order valence-corrected chi connectivity index (χ0v) is 10.6. The largest absolute Gasteiger partial charge is 0.416 e. The summed E-state index contributed by atoms with van der Waals surface area (Å²) >= 11 is 0. The third-order valence-electron chi connectivity index (χ3n) is 3.33. The molecule has 0 bridgehead atoms. The molecule has 0 unspecified atom stereocenters. The fraction of sp³-hybridized carbons (Fsp3) is 0.133. The zero-order chi connectivity index (χ0) is 15.2. The van der Waals surface area contributed by atoms with E-state index < -0.39 is 17.6 Å². The summed E-state index contributed by atoms with van der Waals surface area (Å²) in [7, 11) is 0. The summed E-state index contributed by atoms with van der Waals surface area (Å²) in [6.45, 7) is 0. The van der Waals surface area contributed by atoms with Gasteiger partial charge in [-0.05, 0) is 42.0 Å². The van der Waals surface area contributed by atoms with Crippen molar-refractivity contribution in [1.82, 2.24) is 0 Å². The maximum Gasteiger partial charge on any atom is 0.416 e. The minimum atomic E-state index is -4.48. The molecule has 0 aromatic heterocycles. The molecule has 2 aromatic rings. The molecule has 21 heavy (non-hydrogen) atoms. The van der Waals surface area contributed by atoms with Gasteiger partial charge in [0.1, 0.15) is 5.82 Å². The maximum atomic E-state index is 12.9. The first kappa shape index (κ1) is 13.6. The number of alkyl halides is 3. The Balaban J connectivity index is 2.09. The summed E-state index contributed by atoms with van der Waals surface area (Å²) in [6.07, 6.45) is -4.44. The number of hydrogen-bond acceptors (Lipinski definition) is 1. The topological polar surface area (TPSA) is 20.3 Å². The first-order valence-corrected chi connectivity index (χ1v) is 6.15. The van der Waals surface area contributed by atoms with Gasteiger partial charge in [-0.25, -0.2) is 4.39 Å². The number of carbonyl (C=O) groups is 1. The second-order valence-corrected chi connectivity index (χ2v) is 4.72. The van der Waals surface area contributed by atoms with Crippen molar-refractivity contribution in [3.63, 3.8) is 0 Å². The molecule has 108 valence electrons. The molecule has 0 saturated carbocycles. The van der Waals surface area contributed by atoms with Gasteiger partial charge in [0.25, 0.3) is 0 Å². The van der Waals surface area contributed by atoms with Crippen molar-refractivity contribution in [3.05, 3.63) is 59.4 Å². The Kier molecular flexibility index (Phi) is 2.97. The van der Waals surface area contributed by atoms with Crippen LogP contribution in [0.5, 0.6) is 0 Å². The van der Waals surface area contributed by atoms with Crippen LogP contribution >= 0.6 is 0 Å². The molecule has 0 N–H and O–H groups in total. The highest BCUT2D eigenvalue weighted by atomic mass is 19.4. The van der Waals surface area contributed by atoms with Gasteiger partial charge in [0, 0.05) is 5.69 Å². The highest BCUT2D eigenvalue weighted by Crippen LogP contribution is 2.39. The molecule has 1 aliphatic rings. The molecule has 2 nitrogen and oxygen atoms in total. The summed E-state index contributed by atoms with van der Waals surface area (Å²) in [5, 5.41) is 0. The van der Waals surface area contributed by atoms with Gasteiger partial charge < -0.3 is 0 Å². The molecule has 1 heterocycles. The van der Waals surface area contributed by atoms with Crippen molar-refractivity contribution >= 4 is 17.3 Å². The number of benzene rings is 2. The zero-order valence-electron chi connectivity index (χ0n) is 10.6. The average Bonchev–Trinajstić information content (AvgIpc) is 2.74. The summed E-state index contributed by atoms with van der Waals surface area (Å²) in [4.78, 5) is 13.2. The molecule has 1 amide bonds. The number of rotatable bonds is 1. The van der Waals surface area contributed by atoms with Crippen molar-refractivity contribution in [3.8, 4) is 0 Å². The SMILES string of the molecule is O=C1Cc2ccc(C(F)(F)F)cc2N1c1ccc(F)cc1. The highest BCUT2D eigenvalue weighted by Gasteiger charge is 2.35. The lowest BCUT2D eigenvalue weighted by Crippen LogP contribution is -2.21. The Labute approximate surface area is 117 Å². The van der Waals surface area contributed by atoms with Gasteiger partial charge >= 0.3 is 6.18 Å². The number of amides is 1. The number of anilines is 2.